The number of rotatable bonds is 8. The molecule has 1 aliphatic heterocycles. The van der Waals surface area contributed by atoms with E-state index in [1.54, 1.807) is 17.0 Å². The number of carboxylic acid groups (broad SMARTS) is 1. The average molecular weight is 571 g/mol. The zero-order valence-corrected chi connectivity index (χ0v) is 23.5. The van der Waals surface area contributed by atoms with Crippen LogP contribution in [0.3, 0.4) is 0 Å². The molecule has 3 heterocycles. The van der Waals surface area contributed by atoms with Crippen molar-refractivity contribution in [3.8, 4) is 0 Å². The fraction of sp³-hybridized carbons (Fsp3) is 0.375. The lowest BCUT2D eigenvalue weighted by molar-refractivity contribution is -0.149. The van der Waals surface area contributed by atoms with Gasteiger partial charge in [0.15, 0.2) is 0 Å². The van der Waals surface area contributed by atoms with Gasteiger partial charge in [-0.3, -0.25) is 19.5 Å². The van der Waals surface area contributed by atoms with Crippen molar-refractivity contribution in [1.29, 1.82) is 0 Å². The molecule has 1 atom stereocenters. The molecule has 1 saturated heterocycles. The number of nitrogen functional groups attached to an aromatic ring is 1. The van der Waals surface area contributed by atoms with E-state index < -0.39 is 17.8 Å². The molecule has 0 spiro atoms. The van der Waals surface area contributed by atoms with E-state index in [9.17, 15) is 19.1 Å². The summed E-state index contributed by atoms with van der Waals surface area (Å²) in [6.45, 7) is 1.91. The molecule has 6 rings (SSSR count). The van der Waals surface area contributed by atoms with Crippen LogP contribution < -0.4 is 11.1 Å². The van der Waals surface area contributed by atoms with Crippen LogP contribution in [0.25, 0.3) is 21.8 Å². The van der Waals surface area contributed by atoms with Gasteiger partial charge in [0.05, 0.1) is 22.4 Å². The molecule has 1 fully saturated rings. The lowest BCUT2D eigenvalue weighted by Crippen LogP contribution is -2.57. The number of nitrogens with two attached hydrogens (primary N) is 1. The molecule has 2 aliphatic rings. The second kappa shape index (κ2) is 11.9. The molecule has 2 aromatic carbocycles. The zero-order chi connectivity index (χ0) is 29.2. The highest BCUT2D eigenvalue weighted by molar-refractivity contribution is 5.93. The predicted molar refractivity (Wildman–Crippen MR) is 161 cm³/mol. The van der Waals surface area contributed by atoms with Crippen molar-refractivity contribution >= 4 is 45.1 Å². The number of benzene rings is 2. The molecule has 42 heavy (non-hydrogen) atoms. The van der Waals surface area contributed by atoms with Crippen LogP contribution in [0.5, 0.6) is 0 Å². The van der Waals surface area contributed by atoms with Crippen LogP contribution in [0.4, 0.5) is 15.8 Å². The maximum Gasteiger partial charge on any atom is 0.322 e. The first-order valence-electron chi connectivity index (χ1n) is 14.6. The third-order valence-electron chi connectivity index (χ3n) is 8.38. The Morgan fingerprint density at radius 1 is 1.07 bits per heavy atom. The van der Waals surface area contributed by atoms with Gasteiger partial charge >= 0.3 is 5.97 Å². The number of piperazine rings is 1. The number of hydrogen-bond donors (Lipinski definition) is 3. The van der Waals surface area contributed by atoms with E-state index in [4.69, 9.17) is 10.7 Å². The molecule has 1 unspecified atom stereocenters. The number of aliphatic carboxylic acids is 1. The Bertz CT molecular complexity index is 1660. The fourth-order valence-electron chi connectivity index (χ4n) is 6.22. The van der Waals surface area contributed by atoms with Crippen LogP contribution in [0.2, 0.25) is 0 Å². The summed E-state index contributed by atoms with van der Waals surface area (Å²) in [7, 11) is 0. The minimum Gasteiger partial charge on any atom is -0.480 e. The number of carboxylic acids is 1. The van der Waals surface area contributed by atoms with Gasteiger partial charge in [0, 0.05) is 61.3 Å². The van der Waals surface area contributed by atoms with Crippen molar-refractivity contribution < 1.29 is 19.1 Å². The van der Waals surface area contributed by atoms with E-state index in [1.165, 1.54) is 23.4 Å². The second-order valence-electron chi connectivity index (χ2n) is 11.2. The van der Waals surface area contributed by atoms with Gasteiger partial charge < -0.3 is 21.1 Å². The van der Waals surface area contributed by atoms with E-state index in [2.05, 4.69) is 16.4 Å². The summed E-state index contributed by atoms with van der Waals surface area (Å²) < 4.78 is 13.7. The van der Waals surface area contributed by atoms with E-state index in [0.29, 0.717) is 55.6 Å². The molecule has 10 heteroatoms. The lowest BCUT2D eigenvalue weighted by Gasteiger charge is -2.39. The monoisotopic (exact) mass is 570 g/mol. The van der Waals surface area contributed by atoms with Crippen molar-refractivity contribution in [2.75, 3.05) is 37.2 Å². The van der Waals surface area contributed by atoms with Gasteiger partial charge in [-0.2, -0.15) is 0 Å². The number of carbonyl (C=O) groups is 2. The minimum atomic E-state index is -0.981. The first kappa shape index (κ1) is 27.8. The normalized spacial score (nSPS) is 17.4. The fourth-order valence-corrected chi connectivity index (χ4v) is 6.22. The SMILES string of the molecule is Nc1cc(F)cc2ccc(CN3CCN(C(=O)CCCNc4c5c(nc6ccccc46)CCCC5)CC3C(=O)O)nc12. The molecule has 9 nitrogen and oxygen atoms in total. The highest BCUT2D eigenvalue weighted by Gasteiger charge is 2.34. The van der Waals surface area contributed by atoms with Crippen LogP contribution in [0.15, 0.2) is 48.5 Å². The topological polar surface area (TPSA) is 125 Å². The number of carbonyl (C=O) groups excluding carboxylic acids is 1. The van der Waals surface area contributed by atoms with E-state index in [1.807, 2.05) is 23.1 Å². The van der Waals surface area contributed by atoms with Gasteiger partial charge in [0.2, 0.25) is 5.91 Å². The van der Waals surface area contributed by atoms with Crippen molar-refractivity contribution in [2.24, 2.45) is 0 Å². The average Bonchev–Trinajstić information content (AvgIpc) is 2.99. The predicted octanol–water partition coefficient (Wildman–Crippen LogP) is 4.37. The molecule has 4 aromatic rings. The summed E-state index contributed by atoms with van der Waals surface area (Å²) in [5.41, 5.74) is 11.9. The number of nitrogens with zero attached hydrogens (tertiary/aromatic N) is 4. The van der Waals surface area contributed by atoms with E-state index in [-0.39, 0.29) is 18.1 Å². The second-order valence-corrected chi connectivity index (χ2v) is 11.2. The summed E-state index contributed by atoms with van der Waals surface area (Å²) >= 11 is 0. The summed E-state index contributed by atoms with van der Waals surface area (Å²) in [4.78, 5) is 38.2. The number of hydrogen-bond acceptors (Lipinski definition) is 7. The maximum atomic E-state index is 13.7. The summed E-state index contributed by atoms with van der Waals surface area (Å²) in [6.07, 6.45) is 5.30. The van der Waals surface area contributed by atoms with Gasteiger partial charge in [-0.25, -0.2) is 9.37 Å². The Hall–Kier alpha value is -4.31. The number of aryl methyl sites for hydroxylation is 1. The Morgan fingerprint density at radius 2 is 1.90 bits per heavy atom. The lowest BCUT2D eigenvalue weighted by atomic mass is 9.92. The number of nitrogens with one attached hydrogen (secondary N) is 1. The number of anilines is 2. The van der Waals surface area contributed by atoms with Gasteiger partial charge in [-0.1, -0.05) is 24.3 Å². The summed E-state index contributed by atoms with van der Waals surface area (Å²) in [6, 6.07) is 13.4. The Kier molecular flexibility index (Phi) is 7.88. The first-order valence-corrected chi connectivity index (χ1v) is 14.6. The molecule has 218 valence electrons. The molecular formula is C32H35FN6O3. The molecule has 2 aromatic heterocycles. The highest BCUT2D eigenvalue weighted by atomic mass is 19.1. The van der Waals surface area contributed by atoms with Gasteiger partial charge in [-0.05, 0) is 61.9 Å². The van der Waals surface area contributed by atoms with Crippen molar-refractivity contribution in [1.82, 2.24) is 19.8 Å². The van der Waals surface area contributed by atoms with Gasteiger partial charge in [0.25, 0.3) is 0 Å². The first-order chi connectivity index (χ1) is 20.4. The Labute approximate surface area is 243 Å². The third-order valence-corrected chi connectivity index (χ3v) is 8.38. The number of amides is 1. The Balaban J connectivity index is 1.06. The quantitative estimate of drug-likeness (QED) is 0.211. The molecule has 0 radical (unpaired) electrons. The van der Waals surface area contributed by atoms with Crippen molar-refractivity contribution in [3.63, 3.8) is 0 Å². The van der Waals surface area contributed by atoms with Crippen LogP contribution in [0, 0.1) is 5.82 Å². The van der Waals surface area contributed by atoms with Crippen molar-refractivity contribution in [2.45, 2.75) is 51.1 Å². The molecule has 0 bridgehead atoms. The van der Waals surface area contributed by atoms with E-state index >= 15 is 0 Å². The zero-order valence-electron chi connectivity index (χ0n) is 23.5. The maximum absolute atomic E-state index is 13.7. The molecule has 1 aliphatic carbocycles. The Morgan fingerprint density at radius 3 is 2.76 bits per heavy atom. The van der Waals surface area contributed by atoms with E-state index in [0.717, 1.165) is 42.3 Å². The molecule has 0 saturated carbocycles. The largest absolute Gasteiger partial charge is 0.480 e. The van der Waals surface area contributed by atoms with Gasteiger partial charge in [0.1, 0.15) is 11.9 Å². The molecule has 4 N–H and O–H groups in total. The third kappa shape index (κ3) is 5.72. The number of para-hydroxylation sites is 1. The minimum absolute atomic E-state index is 0.0389. The summed E-state index contributed by atoms with van der Waals surface area (Å²) in [5.74, 6) is -1.45. The highest BCUT2D eigenvalue weighted by Crippen LogP contribution is 2.33. The smallest absolute Gasteiger partial charge is 0.322 e. The van der Waals surface area contributed by atoms with Crippen LogP contribution >= 0.6 is 0 Å². The molecule has 1 amide bonds. The number of pyridine rings is 2. The van der Waals surface area contributed by atoms with Crippen LogP contribution in [0.1, 0.15) is 42.6 Å². The molecular weight excluding hydrogens is 535 g/mol. The standard InChI is InChI=1S/C32H35FN6O3/c33-21-16-20-11-12-22(36-30(20)25(34)17-21)18-38-14-15-39(19-28(38)32(41)42)29(40)10-5-13-35-31-23-6-1-3-8-26(23)37-27-9-4-2-7-24(27)31/h1,3,6,8,11-12,16-17,28H,2,4-5,7,9-10,13-15,18-19,34H2,(H,35,37)(H,41,42). The van der Waals surface area contributed by atoms with Crippen LogP contribution in [-0.4, -0.2) is 69.0 Å². The van der Waals surface area contributed by atoms with Gasteiger partial charge in [-0.15, -0.1) is 0 Å². The number of fused-ring (bicyclic) bond motifs is 3. The van der Waals surface area contributed by atoms with Crippen LogP contribution in [-0.2, 0) is 29.0 Å². The number of halogens is 1. The summed E-state index contributed by atoms with van der Waals surface area (Å²) in [5, 5.41) is 15.3. The number of aromatic nitrogens is 2. The van der Waals surface area contributed by atoms with Crippen molar-refractivity contribution in [3.05, 3.63) is 71.3 Å².